The fourth-order valence-corrected chi connectivity index (χ4v) is 3.07. The number of carbonyl (C=O) groups excluding carboxylic acids is 1. The molecule has 0 aromatic heterocycles. The van der Waals surface area contributed by atoms with Crippen LogP contribution in [0.3, 0.4) is 0 Å². The maximum atomic E-state index is 12.3. The highest BCUT2D eigenvalue weighted by Gasteiger charge is 2.43. The third kappa shape index (κ3) is 3.95. The minimum atomic E-state index is -0.779. The summed E-state index contributed by atoms with van der Waals surface area (Å²) in [5.41, 5.74) is 5.16. The van der Waals surface area contributed by atoms with Gasteiger partial charge < -0.3 is 15.7 Å². The van der Waals surface area contributed by atoms with Crippen LogP contribution in [0.1, 0.15) is 58.8 Å². The van der Waals surface area contributed by atoms with Crippen LogP contribution >= 0.6 is 0 Å². The molecule has 0 aliphatic carbocycles. The van der Waals surface area contributed by atoms with E-state index in [1.54, 1.807) is 4.90 Å². The van der Waals surface area contributed by atoms with Gasteiger partial charge in [-0.15, -0.1) is 0 Å². The van der Waals surface area contributed by atoms with E-state index in [9.17, 15) is 14.7 Å². The van der Waals surface area contributed by atoms with Crippen molar-refractivity contribution < 1.29 is 14.7 Å². The van der Waals surface area contributed by atoms with Crippen LogP contribution in [0.2, 0.25) is 0 Å². The molecule has 1 unspecified atom stereocenters. The zero-order valence-electron chi connectivity index (χ0n) is 12.7. The lowest BCUT2D eigenvalue weighted by molar-refractivity contribution is -0.155. The van der Waals surface area contributed by atoms with E-state index in [0.717, 1.165) is 25.7 Å². The van der Waals surface area contributed by atoms with Crippen molar-refractivity contribution in [3.05, 3.63) is 0 Å². The number of hydrogen-bond donors (Lipinski definition) is 2. The highest BCUT2D eigenvalue weighted by molar-refractivity contribution is 5.83. The number of piperidine rings is 1. The lowest BCUT2D eigenvalue weighted by Gasteiger charge is -2.40. The maximum absolute atomic E-state index is 12.3. The monoisotopic (exact) mass is 284 g/mol. The van der Waals surface area contributed by atoms with Crippen molar-refractivity contribution in [2.75, 3.05) is 13.1 Å². The Morgan fingerprint density at radius 2 is 2.05 bits per heavy atom. The predicted octanol–water partition coefficient (Wildman–Crippen LogP) is 2.00. The number of carbonyl (C=O) groups is 2. The van der Waals surface area contributed by atoms with Gasteiger partial charge in [0.25, 0.3) is 0 Å². The van der Waals surface area contributed by atoms with E-state index in [0.29, 0.717) is 32.4 Å². The zero-order chi connectivity index (χ0) is 15.2. The minimum Gasteiger partial charge on any atom is -0.481 e. The Morgan fingerprint density at radius 3 is 2.60 bits per heavy atom. The summed E-state index contributed by atoms with van der Waals surface area (Å²) >= 11 is 0. The van der Waals surface area contributed by atoms with Gasteiger partial charge in [-0.1, -0.05) is 33.1 Å². The second kappa shape index (κ2) is 7.62. The average Bonchev–Trinajstić information content (AvgIpc) is 2.44. The number of likely N-dealkylation sites (tertiary alicyclic amines) is 1. The number of carboxylic acid groups (broad SMARTS) is 1. The molecule has 5 nitrogen and oxygen atoms in total. The standard InChI is InChI=1S/C15H28N2O3/c1-3-5-7-12(16)13(18)17-10-6-9-15(11-17,8-4-2)14(19)20/h12H,3-11,16H2,1-2H3,(H,19,20)/t12-,15?/m0/s1. The fraction of sp³-hybridized carbons (Fsp3) is 0.867. The van der Waals surface area contributed by atoms with Crippen molar-refractivity contribution >= 4 is 11.9 Å². The van der Waals surface area contributed by atoms with Crippen LogP contribution in [0.4, 0.5) is 0 Å². The minimum absolute atomic E-state index is 0.0834. The molecule has 1 fully saturated rings. The summed E-state index contributed by atoms with van der Waals surface area (Å²) in [6.07, 6.45) is 5.46. The summed E-state index contributed by atoms with van der Waals surface area (Å²) in [5, 5.41) is 9.53. The lowest BCUT2D eigenvalue weighted by Crippen LogP contribution is -2.53. The van der Waals surface area contributed by atoms with Crippen LogP contribution in [0, 0.1) is 5.41 Å². The van der Waals surface area contributed by atoms with Gasteiger partial charge in [0.1, 0.15) is 0 Å². The van der Waals surface area contributed by atoms with E-state index in [4.69, 9.17) is 5.73 Å². The van der Waals surface area contributed by atoms with Crippen LogP contribution in [-0.4, -0.2) is 41.0 Å². The number of amides is 1. The first-order chi connectivity index (χ1) is 9.46. The van der Waals surface area contributed by atoms with Crippen molar-refractivity contribution in [3.63, 3.8) is 0 Å². The maximum Gasteiger partial charge on any atom is 0.311 e. The highest BCUT2D eigenvalue weighted by Crippen LogP contribution is 2.35. The summed E-state index contributed by atoms with van der Waals surface area (Å²) in [7, 11) is 0. The third-order valence-electron chi connectivity index (χ3n) is 4.26. The summed E-state index contributed by atoms with van der Waals surface area (Å²) in [6.45, 7) is 5.00. The number of hydrogen-bond acceptors (Lipinski definition) is 3. The summed E-state index contributed by atoms with van der Waals surface area (Å²) in [4.78, 5) is 25.6. The van der Waals surface area contributed by atoms with Gasteiger partial charge in [0.05, 0.1) is 11.5 Å². The molecule has 3 N–H and O–H groups in total. The Morgan fingerprint density at radius 1 is 1.35 bits per heavy atom. The molecule has 1 aliphatic rings. The van der Waals surface area contributed by atoms with Gasteiger partial charge in [-0.25, -0.2) is 0 Å². The van der Waals surface area contributed by atoms with Gasteiger partial charge in [0.15, 0.2) is 0 Å². The number of carboxylic acids is 1. The first-order valence-corrected chi connectivity index (χ1v) is 7.74. The summed E-state index contributed by atoms with van der Waals surface area (Å²) in [5.74, 6) is -0.862. The smallest absolute Gasteiger partial charge is 0.311 e. The van der Waals surface area contributed by atoms with E-state index >= 15 is 0 Å². The van der Waals surface area contributed by atoms with E-state index < -0.39 is 17.4 Å². The summed E-state index contributed by atoms with van der Waals surface area (Å²) in [6, 6.07) is -0.485. The van der Waals surface area contributed by atoms with Gasteiger partial charge in [0, 0.05) is 13.1 Å². The molecule has 1 aliphatic heterocycles. The number of nitrogens with two attached hydrogens (primary N) is 1. The Balaban J connectivity index is 2.72. The molecule has 1 saturated heterocycles. The van der Waals surface area contributed by atoms with Crippen LogP contribution in [0.5, 0.6) is 0 Å². The van der Waals surface area contributed by atoms with Crippen LogP contribution in [0.15, 0.2) is 0 Å². The highest BCUT2D eigenvalue weighted by atomic mass is 16.4. The fourth-order valence-electron chi connectivity index (χ4n) is 3.07. The molecule has 1 heterocycles. The second-order valence-corrected chi connectivity index (χ2v) is 5.95. The zero-order valence-corrected chi connectivity index (χ0v) is 12.7. The van der Waals surface area contributed by atoms with Gasteiger partial charge in [-0.2, -0.15) is 0 Å². The first kappa shape index (κ1) is 17.0. The molecule has 0 aromatic rings. The molecule has 5 heteroatoms. The number of nitrogens with zero attached hydrogens (tertiary/aromatic N) is 1. The van der Waals surface area contributed by atoms with Gasteiger partial charge >= 0.3 is 5.97 Å². The Bertz CT molecular complexity index is 342. The first-order valence-electron chi connectivity index (χ1n) is 7.74. The van der Waals surface area contributed by atoms with E-state index in [1.807, 2.05) is 6.92 Å². The van der Waals surface area contributed by atoms with Crippen molar-refractivity contribution in [2.45, 2.75) is 64.8 Å². The molecular weight excluding hydrogens is 256 g/mol. The number of unbranched alkanes of at least 4 members (excludes halogenated alkanes) is 1. The predicted molar refractivity (Wildman–Crippen MR) is 78.3 cm³/mol. The Labute approximate surface area is 121 Å². The van der Waals surface area contributed by atoms with Gasteiger partial charge in [0.2, 0.25) is 5.91 Å². The number of aliphatic carboxylic acids is 1. The molecule has 0 bridgehead atoms. The summed E-state index contributed by atoms with van der Waals surface area (Å²) < 4.78 is 0. The van der Waals surface area contributed by atoms with Crippen LogP contribution < -0.4 is 5.73 Å². The van der Waals surface area contributed by atoms with Gasteiger partial charge in [-0.05, 0) is 25.7 Å². The molecule has 116 valence electrons. The molecule has 20 heavy (non-hydrogen) atoms. The molecule has 0 spiro atoms. The second-order valence-electron chi connectivity index (χ2n) is 5.95. The van der Waals surface area contributed by atoms with E-state index in [-0.39, 0.29) is 5.91 Å². The van der Waals surface area contributed by atoms with Gasteiger partial charge in [-0.3, -0.25) is 9.59 Å². The van der Waals surface area contributed by atoms with Crippen molar-refractivity contribution in [3.8, 4) is 0 Å². The molecule has 1 rings (SSSR count). The van der Waals surface area contributed by atoms with Crippen molar-refractivity contribution in [1.82, 2.24) is 4.90 Å². The Kier molecular flexibility index (Phi) is 6.46. The molecule has 0 saturated carbocycles. The van der Waals surface area contributed by atoms with E-state index in [1.165, 1.54) is 0 Å². The van der Waals surface area contributed by atoms with Crippen molar-refractivity contribution in [2.24, 2.45) is 11.1 Å². The normalized spacial score (nSPS) is 24.4. The molecular formula is C15H28N2O3. The third-order valence-corrected chi connectivity index (χ3v) is 4.26. The quantitative estimate of drug-likeness (QED) is 0.749. The van der Waals surface area contributed by atoms with E-state index in [2.05, 4.69) is 6.92 Å². The molecule has 1 amide bonds. The average molecular weight is 284 g/mol. The molecule has 0 radical (unpaired) electrons. The SMILES string of the molecule is CCCC[C@H](N)C(=O)N1CCCC(CCC)(C(=O)O)C1. The van der Waals surface area contributed by atoms with Crippen molar-refractivity contribution in [1.29, 1.82) is 0 Å². The Hall–Kier alpha value is -1.10. The topological polar surface area (TPSA) is 83.6 Å². The largest absolute Gasteiger partial charge is 0.481 e. The van der Waals surface area contributed by atoms with Crippen LogP contribution in [-0.2, 0) is 9.59 Å². The number of rotatable bonds is 7. The molecule has 2 atom stereocenters. The van der Waals surface area contributed by atoms with Crippen LogP contribution in [0.25, 0.3) is 0 Å². The molecule has 0 aromatic carbocycles. The lowest BCUT2D eigenvalue weighted by atomic mass is 9.76.